The lowest BCUT2D eigenvalue weighted by molar-refractivity contribution is -0.146. The van der Waals surface area contributed by atoms with Crippen LogP contribution in [0.4, 0.5) is 22.0 Å². The number of piperidine rings is 2. The summed E-state index contributed by atoms with van der Waals surface area (Å²) in [6.07, 6.45) is -2.31. The fourth-order valence-corrected chi connectivity index (χ4v) is 5.55. The molecule has 0 bridgehead atoms. The Balaban J connectivity index is 1.34. The molecular weight excluding hydrogens is 511 g/mol. The Hall–Kier alpha value is -2.32. The van der Waals surface area contributed by atoms with Gasteiger partial charge in [0.25, 0.3) is 5.82 Å². The zero-order chi connectivity index (χ0) is 26.3. The lowest BCUT2D eigenvalue weighted by Crippen LogP contribution is -2.40. The Morgan fingerprint density at radius 1 is 1.06 bits per heavy atom. The predicted molar refractivity (Wildman–Crippen MR) is 118 cm³/mol. The van der Waals surface area contributed by atoms with Crippen LogP contribution in [-0.2, 0) is 16.2 Å². The monoisotopic (exact) mass is 538 g/mol. The molecule has 0 N–H and O–H groups in total. The first kappa shape index (κ1) is 26.7. The van der Waals surface area contributed by atoms with Gasteiger partial charge in [0.1, 0.15) is 6.10 Å². The number of nitrogens with zero attached hydrogens (tertiary/aromatic N) is 4. The third-order valence-electron chi connectivity index (χ3n) is 6.78. The van der Waals surface area contributed by atoms with Crippen molar-refractivity contribution in [2.45, 2.75) is 56.8 Å². The summed E-state index contributed by atoms with van der Waals surface area (Å²) in [6, 6.07) is 1.92. The second kappa shape index (κ2) is 10.2. The lowest BCUT2D eigenvalue weighted by atomic mass is 9.90. The number of alkyl halides is 3. The van der Waals surface area contributed by atoms with Crippen molar-refractivity contribution in [2.75, 3.05) is 32.4 Å². The van der Waals surface area contributed by atoms with Crippen LogP contribution < -0.4 is 4.74 Å². The SMILES string of the molecule is CC(c1nc(C(F)(F)F)no1)N1CCC(Oc2c(F)cc(C3CCN(S(C)(=O)=O)CC3)cc2F)CC1. The Morgan fingerprint density at radius 3 is 2.14 bits per heavy atom. The fourth-order valence-electron chi connectivity index (χ4n) is 4.67. The number of rotatable bonds is 6. The molecule has 14 heteroatoms. The van der Waals surface area contributed by atoms with Crippen LogP contribution in [0.25, 0.3) is 0 Å². The van der Waals surface area contributed by atoms with Gasteiger partial charge in [-0.3, -0.25) is 4.90 Å². The van der Waals surface area contributed by atoms with Gasteiger partial charge in [-0.05, 0) is 56.2 Å². The van der Waals surface area contributed by atoms with Crippen molar-refractivity contribution in [1.82, 2.24) is 19.3 Å². The molecule has 2 aromatic rings. The lowest BCUT2D eigenvalue weighted by Gasteiger charge is -2.34. The first-order valence-corrected chi connectivity index (χ1v) is 13.4. The Bertz CT molecular complexity index is 1150. The summed E-state index contributed by atoms with van der Waals surface area (Å²) in [4.78, 5) is 5.26. The van der Waals surface area contributed by atoms with Crippen LogP contribution in [0, 0.1) is 11.6 Å². The van der Waals surface area contributed by atoms with Crippen molar-refractivity contribution in [2.24, 2.45) is 0 Å². The van der Waals surface area contributed by atoms with E-state index in [0.29, 0.717) is 57.4 Å². The van der Waals surface area contributed by atoms with E-state index in [0.717, 1.165) is 6.26 Å². The van der Waals surface area contributed by atoms with E-state index in [9.17, 15) is 30.4 Å². The minimum Gasteiger partial charge on any atom is -0.484 e. The van der Waals surface area contributed by atoms with Gasteiger partial charge in [-0.2, -0.15) is 18.2 Å². The molecule has 2 saturated heterocycles. The van der Waals surface area contributed by atoms with Crippen molar-refractivity contribution in [1.29, 1.82) is 0 Å². The number of hydrogen-bond acceptors (Lipinski definition) is 7. The van der Waals surface area contributed by atoms with E-state index >= 15 is 0 Å². The molecule has 2 fully saturated rings. The zero-order valence-electron chi connectivity index (χ0n) is 19.8. The molecule has 200 valence electrons. The summed E-state index contributed by atoms with van der Waals surface area (Å²) in [5.41, 5.74) is 0.465. The molecule has 0 radical (unpaired) electrons. The van der Waals surface area contributed by atoms with Gasteiger partial charge in [0.15, 0.2) is 17.4 Å². The third kappa shape index (κ3) is 5.97. The largest absolute Gasteiger partial charge is 0.484 e. The van der Waals surface area contributed by atoms with Gasteiger partial charge in [0.2, 0.25) is 15.9 Å². The second-order valence-corrected chi connectivity index (χ2v) is 11.2. The summed E-state index contributed by atoms with van der Waals surface area (Å²) in [7, 11) is -3.30. The first-order chi connectivity index (χ1) is 16.8. The molecule has 8 nitrogen and oxygen atoms in total. The molecule has 0 spiro atoms. The van der Waals surface area contributed by atoms with Crippen molar-refractivity contribution in [3.63, 3.8) is 0 Å². The standard InChI is InChI=1S/C22H27F5N4O4S/c1-13(20-28-21(29-35-20)22(25,26)27)30-7-5-16(6-8-30)34-19-17(23)11-15(12-18(19)24)14-3-9-31(10-4-14)36(2,32)33/h11-14,16H,3-10H2,1-2H3. The van der Waals surface area contributed by atoms with Gasteiger partial charge in [-0.15, -0.1) is 0 Å². The molecule has 1 aromatic heterocycles. The minimum atomic E-state index is -4.69. The number of ether oxygens (including phenoxy) is 1. The molecule has 0 saturated carbocycles. The average Bonchev–Trinajstić information content (AvgIpc) is 3.32. The molecule has 2 aliphatic heterocycles. The van der Waals surface area contributed by atoms with Crippen LogP contribution in [0.1, 0.15) is 61.8 Å². The van der Waals surface area contributed by atoms with Crippen LogP contribution in [0.5, 0.6) is 5.75 Å². The van der Waals surface area contributed by atoms with E-state index < -0.39 is 51.6 Å². The maximum absolute atomic E-state index is 14.8. The highest BCUT2D eigenvalue weighted by molar-refractivity contribution is 7.88. The van der Waals surface area contributed by atoms with Gasteiger partial charge in [-0.25, -0.2) is 21.5 Å². The number of sulfonamides is 1. The van der Waals surface area contributed by atoms with E-state index in [4.69, 9.17) is 9.26 Å². The zero-order valence-corrected chi connectivity index (χ0v) is 20.6. The average molecular weight is 539 g/mol. The maximum atomic E-state index is 14.8. The van der Waals surface area contributed by atoms with E-state index in [1.165, 1.54) is 16.4 Å². The number of benzene rings is 1. The summed E-state index contributed by atoms with van der Waals surface area (Å²) in [6.45, 7) is 3.03. The highest BCUT2D eigenvalue weighted by Crippen LogP contribution is 2.35. The van der Waals surface area contributed by atoms with Gasteiger partial charge >= 0.3 is 6.18 Å². The van der Waals surface area contributed by atoms with Crippen LogP contribution in [0.2, 0.25) is 0 Å². The van der Waals surface area contributed by atoms with Gasteiger partial charge in [0, 0.05) is 26.2 Å². The number of likely N-dealkylation sites (tertiary alicyclic amines) is 1. The molecular formula is C22H27F5N4O4S. The quantitative estimate of drug-likeness (QED) is 0.512. The number of aromatic nitrogens is 2. The fraction of sp³-hybridized carbons (Fsp3) is 0.636. The molecule has 36 heavy (non-hydrogen) atoms. The summed E-state index contributed by atoms with van der Waals surface area (Å²) >= 11 is 0. The molecule has 2 aliphatic rings. The highest BCUT2D eigenvalue weighted by Gasteiger charge is 2.38. The van der Waals surface area contributed by atoms with Crippen LogP contribution in [0.3, 0.4) is 0 Å². The topological polar surface area (TPSA) is 88.8 Å². The molecule has 1 aromatic carbocycles. The number of halogens is 5. The van der Waals surface area contributed by atoms with Gasteiger partial charge in [0.05, 0.1) is 12.3 Å². The summed E-state index contributed by atoms with van der Waals surface area (Å²) in [5, 5.41) is 2.97. The van der Waals surface area contributed by atoms with Gasteiger partial charge in [-0.1, -0.05) is 5.16 Å². The van der Waals surface area contributed by atoms with Crippen LogP contribution >= 0.6 is 0 Å². The Morgan fingerprint density at radius 2 is 1.64 bits per heavy atom. The minimum absolute atomic E-state index is 0.156. The normalized spacial score (nSPS) is 20.5. The van der Waals surface area contributed by atoms with E-state index in [2.05, 4.69) is 10.1 Å². The molecule has 4 rings (SSSR count). The highest BCUT2D eigenvalue weighted by atomic mass is 32.2. The van der Waals surface area contributed by atoms with E-state index in [1.54, 1.807) is 6.92 Å². The van der Waals surface area contributed by atoms with E-state index in [-0.39, 0.29) is 11.8 Å². The molecule has 0 aliphatic carbocycles. The third-order valence-corrected chi connectivity index (χ3v) is 8.08. The predicted octanol–water partition coefficient (Wildman–Crippen LogP) is 4.11. The Kier molecular flexibility index (Phi) is 7.58. The van der Waals surface area contributed by atoms with Crippen molar-refractivity contribution in [3.8, 4) is 5.75 Å². The van der Waals surface area contributed by atoms with Gasteiger partial charge < -0.3 is 9.26 Å². The van der Waals surface area contributed by atoms with Crippen molar-refractivity contribution < 1.29 is 39.6 Å². The molecule has 0 amide bonds. The first-order valence-electron chi connectivity index (χ1n) is 11.6. The van der Waals surface area contributed by atoms with Crippen LogP contribution in [-0.4, -0.2) is 66.3 Å². The second-order valence-electron chi connectivity index (χ2n) is 9.23. The summed E-state index contributed by atoms with van der Waals surface area (Å²) in [5.74, 6) is -3.76. The van der Waals surface area contributed by atoms with Crippen molar-refractivity contribution in [3.05, 3.63) is 41.0 Å². The number of hydrogen-bond donors (Lipinski definition) is 0. The summed E-state index contributed by atoms with van der Waals surface area (Å²) < 4.78 is 103. The smallest absolute Gasteiger partial charge is 0.455 e. The van der Waals surface area contributed by atoms with Crippen LogP contribution in [0.15, 0.2) is 16.7 Å². The molecule has 1 atom stereocenters. The molecule has 1 unspecified atom stereocenters. The molecule has 3 heterocycles. The van der Waals surface area contributed by atoms with Crippen molar-refractivity contribution >= 4 is 10.0 Å². The Labute approximate surface area is 205 Å². The maximum Gasteiger partial charge on any atom is 0.455 e. The van der Waals surface area contributed by atoms with E-state index in [1.807, 2.05) is 4.90 Å².